The summed E-state index contributed by atoms with van der Waals surface area (Å²) in [7, 11) is 0. The molecule has 0 amide bonds. The molecule has 1 nitrogen and oxygen atoms in total. The first-order valence-electron chi connectivity index (χ1n) is 4.12. The van der Waals surface area contributed by atoms with Crippen LogP contribution in [0.5, 0.6) is 0 Å². The SMILES string of the molecule is CC.CC.CCNCC. The van der Waals surface area contributed by atoms with E-state index in [1.165, 1.54) is 0 Å². The van der Waals surface area contributed by atoms with Gasteiger partial charge in [-0.1, -0.05) is 41.5 Å². The minimum Gasteiger partial charge on any atom is -0.317 e. The molecule has 0 aliphatic rings. The second-order valence-corrected chi connectivity index (χ2v) is 0.957. The molecular weight excluding hydrogens is 110 g/mol. The molecule has 0 bridgehead atoms. The van der Waals surface area contributed by atoms with Crippen LogP contribution in [0.1, 0.15) is 41.5 Å². The highest BCUT2D eigenvalue weighted by Gasteiger charge is 1.62. The summed E-state index contributed by atoms with van der Waals surface area (Å²) >= 11 is 0. The zero-order valence-electron chi connectivity index (χ0n) is 7.91. The number of hydrogen-bond acceptors (Lipinski definition) is 1. The van der Waals surface area contributed by atoms with Gasteiger partial charge in [0.15, 0.2) is 0 Å². The van der Waals surface area contributed by atoms with Gasteiger partial charge in [-0.3, -0.25) is 0 Å². The van der Waals surface area contributed by atoms with Crippen LogP contribution in [-0.4, -0.2) is 13.1 Å². The van der Waals surface area contributed by atoms with Gasteiger partial charge in [-0.25, -0.2) is 0 Å². The molecule has 0 radical (unpaired) electrons. The van der Waals surface area contributed by atoms with Crippen LogP contribution in [0.2, 0.25) is 0 Å². The Morgan fingerprint density at radius 3 is 1.00 bits per heavy atom. The van der Waals surface area contributed by atoms with Crippen LogP contribution >= 0.6 is 0 Å². The van der Waals surface area contributed by atoms with E-state index in [0.29, 0.717) is 0 Å². The molecule has 0 heterocycles. The molecule has 0 atom stereocenters. The Kier molecular flexibility index (Phi) is 78.2. The first kappa shape index (κ1) is 16.0. The number of hydrogen-bond donors (Lipinski definition) is 1. The van der Waals surface area contributed by atoms with Crippen molar-refractivity contribution in [2.75, 3.05) is 13.1 Å². The van der Waals surface area contributed by atoms with Crippen molar-refractivity contribution in [2.24, 2.45) is 0 Å². The van der Waals surface area contributed by atoms with Gasteiger partial charge in [0.2, 0.25) is 0 Å². The second kappa shape index (κ2) is 44.0. The Labute approximate surface area is 60.9 Å². The summed E-state index contributed by atoms with van der Waals surface area (Å²) in [6, 6.07) is 0. The molecule has 0 aliphatic carbocycles. The maximum Gasteiger partial charge on any atom is -0.00775 e. The lowest BCUT2D eigenvalue weighted by Crippen LogP contribution is -2.09. The first-order valence-corrected chi connectivity index (χ1v) is 4.12. The Hall–Kier alpha value is -0.0400. The summed E-state index contributed by atoms with van der Waals surface area (Å²) in [5.41, 5.74) is 0. The molecule has 0 aliphatic heterocycles. The number of nitrogens with one attached hydrogen (secondary N) is 1. The molecule has 0 saturated heterocycles. The largest absolute Gasteiger partial charge is 0.317 e. The van der Waals surface area contributed by atoms with Crippen LogP contribution in [-0.2, 0) is 0 Å². The summed E-state index contributed by atoms with van der Waals surface area (Å²) in [5.74, 6) is 0. The van der Waals surface area contributed by atoms with E-state index >= 15 is 0 Å². The summed E-state index contributed by atoms with van der Waals surface area (Å²) in [6.45, 7) is 14.4. The van der Waals surface area contributed by atoms with E-state index in [0.717, 1.165) is 13.1 Å². The van der Waals surface area contributed by atoms with Crippen molar-refractivity contribution in [3.05, 3.63) is 0 Å². The quantitative estimate of drug-likeness (QED) is 0.610. The van der Waals surface area contributed by atoms with Gasteiger partial charge in [0.1, 0.15) is 0 Å². The maximum atomic E-state index is 3.11. The molecule has 0 saturated carbocycles. The number of rotatable bonds is 2. The molecule has 0 unspecified atom stereocenters. The fraction of sp³-hybridized carbons (Fsp3) is 1.00. The smallest absolute Gasteiger partial charge is 0.00775 e. The molecule has 0 spiro atoms. The minimum absolute atomic E-state index is 1.09. The molecule has 0 aromatic rings. The fourth-order valence-corrected chi connectivity index (χ4v) is 0.250. The molecule has 0 aromatic carbocycles. The van der Waals surface area contributed by atoms with Gasteiger partial charge in [-0.05, 0) is 13.1 Å². The highest BCUT2D eigenvalue weighted by Crippen LogP contribution is 1.47. The molecule has 0 rings (SSSR count). The predicted octanol–water partition coefficient (Wildman–Crippen LogP) is 2.67. The lowest BCUT2D eigenvalue weighted by molar-refractivity contribution is 0.762. The van der Waals surface area contributed by atoms with E-state index in [1.807, 2.05) is 27.7 Å². The van der Waals surface area contributed by atoms with Crippen molar-refractivity contribution < 1.29 is 0 Å². The van der Waals surface area contributed by atoms with Gasteiger partial charge in [-0.2, -0.15) is 0 Å². The molecular formula is C8H23N. The highest BCUT2D eigenvalue weighted by molar-refractivity contribution is 4.27. The van der Waals surface area contributed by atoms with Crippen LogP contribution < -0.4 is 5.32 Å². The third-order valence-electron chi connectivity index (χ3n) is 0.500. The molecule has 1 N–H and O–H groups in total. The van der Waals surface area contributed by atoms with Gasteiger partial charge in [0, 0.05) is 0 Å². The van der Waals surface area contributed by atoms with Crippen LogP contribution in [0.15, 0.2) is 0 Å². The first-order chi connectivity index (χ1) is 4.41. The summed E-state index contributed by atoms with van der Waals surface area (Å²) in [5, 5.41) is 3.11. The van der Waals surface area contributed by atoms with Gasteiger partial charge in [0.05, 0.1) is 0 Å². The topological polar surface area (TPSA) is 12.0 Å². The molecule has 9 heavy (non-hydrogen) atoms. The molecule has 60 valence electrons. The second-order valence-electron chi connectivity index (χ2n) is 0.957. The highest BCUT2D eigenvalue weighted by atomic mass is 14.8. The van der Waals surface area contributed by atoms with Crippen molar-refractivity contribution in [3.8, 4) is 0 Å². The third kappa shape index (κ3) is 73.6. The summed E-state index contributed by atoms with van der Waals surface area (Å²) in [6.07, 6.45) is 0. The minimum atomic E-state index is 1.09. The van der Waals surface area contributed by atoms with Crippen molar-refractivity contribution in [1.29, 1.82) is 0 Å². The third-order valence-corrected chi connectivity index (χ3v) is 0.500. The Morgan fingerprint density at radius 1 is 0.778 bits per heavy atom. The van der Waals surface area contributed by atoms with Gasteiger partial charge < -0.3 is 5.32 Å². The maximum absolute atomic E-state index is 3.11. The van der Waals surface area contributed by atoms with E-state index in [2.05, 4.69) is 19.2 Å². The summed E-state index contributed by atoms with van der Waals surface area (Å²) in [4.78, 5) is 0. The normalized spacial score (nSPS) is 6.00. The average molecular weight is 133 g/mol. The van der Waals surface area contributed by atoms with Crippen LogP contribution in [0.4, 0.5) is 0 Å². The fourth-order valence-electron chi connectivity index (χ4n) is 0.250. The van der Waals surface area contributed by atoms with E-state index in [4.69, 9.17) is 0 Å². The van der Waals surface area contributed by atoms with Crippen molar-refractivity contribution in [1.82, 2.24) is 5.32 Å². The Morgan fingerprint density at radius 2 is 1.00 bits per heavy atom. The van der Waals surface area contributed by atoms with E-state index in [-0.39, 0.29) is 0 Å². The standard InChI is InChI=1S/C4H11N.2C2H6/c1-3-5-4-2;2*1-2/h5H,3-4H2,1-2H3;2*1-2H3. The van der Waals surface area contributed by atoms with Crippen molar-refractivity contribution in [3.63, 3.8) is 0 Å². The lowest BCUT2D eigenvalue weighted by atomic mass is 10.7. The average Bonchev–Trinajstić information content (AvgIpc) is 1.98. The van der Waals surface area contributed by atoms with Crippen LogP contribution in [0.25, 0.3) is 0 Å². The van der Waals surface area contributed by atoms with E-state index in [9.17, 15) is 0 Å². The van der Waals surface area contributed by atoms with Crippen LogP contribution in [0.3, 0.4) is 0 Å². The lowest BCUT2D eigenvalue weighted by Gasteiger charge is -1.86. The van der Waals surface area contributed by atoms with Crippen LogP contribution in [0, 0.1) is 0 Å². The van der Waals surface area contributed by atoms with E-state index in [1.54, 1.807) is 0 Å². The zero-order chi connectivity index (χ0) is 8.12. The van der Waals surface area contributed by atoms with E-state index < -0.39 is 0 Å². The predicted molar refractivity (Wildman–Crippen MR) is 46.9 cm³/mol. The van der Waals surface area contributed by atoms with Crippen molar-refractivity contribution in [2.45, 2.75) is 41.5 Å². The summed E-state index contributed by atoms with van der Waals surface area (Å²) < 4.78 is 0. The molecule has 1 heteroatoms. The van der Waals surface area contributed by atoms with Gasteiger partial charge in [-0.15, -0.1) is 0 Å². The Balaban J connectivity index is -0.0000000771. The van der Waals surface area contributed by atoms with Crippen molar-refractivity contribution >= 4 is 0 Å². The monoisotopic (exact) mass is 133 g/mol. The molecule has 0 fully saturated rings. The zero-order valence-corrected chi connectivity index (χ0v) is 7.91. The molecule has 0 aromatic heterocycles. The van der Waals surface area contributed by atoms with Gasteiger partial charge >= 0.3 is 0 Å². The van der Waals surface area contributed by atoms with Gasteiger partial charge in [0.25, 0.3) is 0 Å². The Bertz CT molecular complexity index is 12.0.